The molecule has 4 heteroatoms. The van der Waals surface area contributed by atoms with E-state index in [4.69, 9.17) is 0 Å². The Hall–Kier alpha value is -0.770. The van der Waals surface area contributed by atoms with E-state index in [0.717, 1.165) is 19.3 Å². The molecular weight excluding hydrogens is 240 g/mol. The molecule has 0 heterocycles. The third-order valence-corrected chi connectivity index (χ3v) is 4.93. The molecule has 4 nitrogen and oxygen atoms in total. The van der Waals surface area contributed by atoms with Gasteiger partial charge in [-0.3, -0.25) is 0 Å². The highest BCUT2D eigenvalue weighted by molar-refractivity contribution is 5.74. The number of aliphatic hydroxyl groups is 1. The summed E-state index contributed by atoms with van der Waals surface area (Å²) in [4.78, 5) is 13.9. The Labute approximate surface area is 116 Å². The molecule has 2 N–H and O–H groups in total. The van der Waals surface area contributed by atoms with E-state index in [1.165, 1.54) is 25.7 Å². The lowest BCUT2D eigenvalue weighted by Gasteiger charge is -2.35. The van der Waals surface area contributed by atoms with Crippen molar-refractivity contribution in [2.45, 2.75) is 64.0 Å². The molecule has 0 saturated heterocycles. The molecule has 2 aliphatic carbocycles. The van der Waals surface area contributed by atoms with E-state index in [0.29, 0.717) is 12.5 Å². The maximum Gasteiger partial charge on any atom is 0.317 e. The third-order valence-electron chi connectivity index (χ3n) is 4.93. The number of amides is 2. The SMILES string of the molecule is CC(NC(=O)N(C)CC1CCCCC1O)C1CCC1. The fourth-order valence-electron chi connectivity index (χ4n) is 3.20. The Balaban J connectivity index is 1.74. The van der Waals surface area contributed by atoms with Crippen LogP contribution in [0.4, 0.5) is 4.79 Å². The highest BCUT2D eigenvalue weighted by Crippen LogP contribution is 2.29. The smallest absolute Gasteiger partial charge is 0.317 e. The van der Waals surface area contributed by atoms with E-state index < -0.39 is 0 Å². The lowest BCUT2D eigenvalue weighted by molar-refractivity contribution is 0.0559. The van der Waals surface area contributed by atoms with Crippen LogP contribution in [-0.2, 0) is 0 Å². The monoisotopic (exact) mass is 268 g/mol. The molecule has 0 aromatic carbocycles. The first-order chi connectivity index (χ1) is 9.08. The van der Waals surface area contributed by atoms with Gasteiger partial charge in [0, 0.05) is 25.6 Å². The highest BCUT2D eigenvalue weighted by Gasteiger charge is 2.28. The summed E-state index contributed by atoms with van der Waals surface area (Å²) >= 11 is 0. The maximum absolute atomic E-state index is 12.1. The minimum absolute atomic E-state index is 0.0113. The van der Waals surface area contributed by atoms with E-state index in [9.17, 15) is 9.90 Å². The molecule has 0 aromatic heterocycles. The Bertz CT molecular complexity index is 305. The van der Waals surface area contributed by atoms with Gasteiger partial charge >= 0.3 is 6.03 Å². The summed E-state index contributed by atoms with van der Waals surface area (Å²) in [6, 6.07) is 0.289. The summed E-state index contributed by atoms with van der Waals surface area (Å²) in [5.41, 5.74) is 0. The van der Waals surface area contributed by atoms with Crippen molar-refractivity contribution in [1.82, 2.24) is 10.2 Å². The van der Waals surface area contributed by atoms with E-state index in [1.54, 1.807) is 4.90 Å². The van der Waals surface area contributed by atoms with E-state index >= 15 is 0 Å². The number of hydrogen-bond donors (Lipinski definition) is 2. The van der Waals surface area contributed by atoms with E-state index in [1.807, 2.05) is 7.05 Å². The lowest BCUT2D eigenvalue weighted by atomic mass is 9.80. The van der Waals surface area contributed by atoms with Crippen LogP contribution in [-0.4, -0.2) is 41.8 Å². The molecule has 0 radical (unpaired) electrons. The van der Waals surface area contributed by atoms with Crippen molar-refractivity contribution in [1.29, 1.82) is 0 Å². The zero-order valence-electron chi connectivity index (χ0n) is 12.3. The van der Waals surface area contributed by atoms with Crippen LogP contribution in [0.2, 0.25) is 0 Å². The predicted molar refractivity (Wildman–Crippen MR) is 75.9 cm³/mol. The Kier molecular flexibility index (Phi) is 5.08. The van der Waals surface area contributed by atoms with Crippen molar-refractivity contribution in [3.63, 3.8) is 0 Å². The second-order valence-corrected chi connectivity index (χ2v) is 6.42. The molecule has 2 rings (SSSR count). The minimum atomic E-state index is -0.229. The van der Waals surface area contributed by atoms with Crippen molar-refractivity contribution < 1.29 is 9.90 Å². The molecule has 3 atom stereocenters. The van der Waals surface area contributed by atoms with Gasteiger partial charge in [0.1, 0.15) is 0 Å². The quantitative estimate of drug-likeness (QED) is 0.822. The van der Waals surface area contributed by atoms with Gasteiger partial charge in [-0.1, -0.05) is 19.3 Å². The Morgan fingerprint density at radius 2 is 1.95 bits per heavy atom. The minimum Gasteiger partial charge on any atom is -0.393 e. The van der Waals surface area contributed by atoms with Crippen LogP contribution in [0.25, 0.3) is 0 Å². The van der Waals surface area contributed by atoms with Crippen LogP contribution in [0.15, 0.2) is 0 Å². The van der Waals surface area contributed by atoms with Gasteiger partial charge in [-0.15, -0.1) is 0 Å². The fourth-order valence-corrected chi connectivity index (χ4v) is 3.20. The number of carbonyl (C=O) groups is 1. The molecule has 2 aliphatic rings. The number of aliphatic hydroxyl groups excluding tert-OH is 1. The van der Waals surface area contributed by atoms with Gasteiger partial charge in [-0.25, -0.2) is 4.79 Å². The second-order valence-electron chi connectivity index (χ2n) is 6.42. The van der Waals surface area contributed by atoms with Gasteiger partial charge < -0.3 is 15.3 Å². The number of nitrogens with zero attached hydrogens (tertiary/aromatic N) is 1. The topological polar surface area (TPSA) is 52.6 Å². The molecule has 2 amide bonds. The van der Waals surface area contributed by atoms with Gasteiger partial charge in [0.25, 0.3) is 0 Å². The van der Waals surface area contributed by atoms with Crippen molar-refractivity contribution in [2.75, 3.05) is 13.6 Å². The van der Waals surface area contributed by atoms with E-state index in [2.05, 4.69) is 12.2 Å². The average Bonchev–Trinajstić information content (AvgIpc) is 2.29. The standard InChI is InChI=1S/C15H28N2O2/c1-11(12-7-5-8-12)16-15(19)17(2)10-13-6-3-4-9-14(13)18/h11-14,18H,3-10H2,1-2H3,(H,16,19). The van der Waals surface area contributed by atoms with Crippen LogP contribution in [0, 0.1) is 11.8 Å². The number of urea groups is 1. The van der Waals surface area contributed by atoms with Gasteiger partial charge in [-0.05, 0) is 38.5 Å². The molecule has 19 heavy (non-hydrogen) atoms. The summed E-state index contributed by atoms with van der Waals surface area (Å²) in [6.45, 7) is 2.77. The van der Waals surface area contributed by atoms with Gasteiger partial charge in [0.2, 0.25) is 0 Å². The normalized spacial score (nSPS) is 29.4. The first kappa shape index (κ1) is 14.6. The van der Waals surface area contributed by atoms with Gasteiger partial charge in [0.15, 0.2) is 0 Å². The average molecular weight is 268 g/mol. The molecule has 0 aromatic rings. The number of nitrogens with one attached hydrogen (secondary N) is 1. The molecular formula is C15H28N2O2. The van der Waals surface area contributed by atoms with Crippen molar-refractivity contribution >= 4 is 6.03 Å². The number of hydrogen-bond acceptors (Lipinski definition) is 2. The molecule has 0 spiro atoms. The van der Waals surface area contributed by atoms with E-state index in [-0.39, 0.29) is 24.1 Å². The van der Waals surface area contributed by atoms with Gasteiger partial charge in [-0.2, -0.15) is 0 Å². The summed E-state index contributed by atoms with van der Waals surface area (Å²) in [5.74, 6) is 0.918. The first-order valence-electron chi connectivity index (χ1n) is 7.77. The van der Waals surface area contributed by atoms with Crippen molar-refractivity contribution in [3.8, 4) is 0 Å². The highest BCUT2D eigenvalue weighted by atomic mass is 16.3. The summed E-state index contributed by atoms with van der Waals surface area (Å²) in [6.07, 6.45) is 7.78. The Morgan fingerprint density at radius 3 is 2.53 bits per heavy atom. The van der Waals surface area contributed by atoms with Crippen molar-refractivity contribution in [3.05, 3.63) is 0 Å². The zero-order valence-corrected chi connectivity index (χ0v) is 12.3. The van der Waals surface area contributed by atoms with Gasteiger partial charge in [0.05, 0.1) is 6.10 Å². The largest absolute Gasteiger partial charge is 0.393 e. The molecule has 2 fully saturated rings. The van der Waals surface area contributed by atoms with Crippen LogP contribution in [0.5, 0.6) is 0 Å². The van der Waals surface area contributed by atoms with Crippen LogP contribution in [0.3, 0.4) is 0 Å². The first-order valence-corrected chi connectivity index (χ1v) is 7.77. The summed E-state index contributed by atoms with van der Waals surface area (Å²) < 4.78 is 0. The molecule has 110 valence electrons. The van der Waals surface area contributed by atoms with Crippen LogP contribution < -0.4 is 5.32 Å². The molecule has 0 aliphatic heterocycles. The Morgan fingerprint density at radius 1 is 1.26 bits per heavy atom. The fraction of sp³-hybridized carbons (Fsp3) is 0.933. The van der Waals surface area contributed by atoms with Crippen molar-refractivity contribution in [2.24, 2.45) is 11.8 Å². The third kappa shape index (κ3) is 3.85. The predicted octanol–water partition coefficient (Wildman–Crippen LogP) is 2.37. The summed E-state index contributed by atoms with van der Waals surface area (Å²) in [5, 5.41) is 13.0. The number of rotatable bonds is 4. The lowest BCUT2D eigenvalue weighted by Crippen LogP contribution is -2.48. The summed E-state index contributed by atoms with van der Waals surface area (Å²) in [7, 11) is 1.84. The molecule has 2 saturated carbocycles. The van der Waals surface area contributed by atoms with Crippen LogP contribution in [0.1, 0.15) is 51.9 Å². The maximum atomic E-state index is 12.1. The zero-order chi connectivity index (χ0) is 13.8. The van der Waals surface area contributed by atoms with Crippen LogP contribution >= 0.6 is 0 Å². The second kappa shape index (κ2) is 6.60. The number of carbonyl (C=O) groups excluding carboxylic acids is 1. The molecule has 0 bridgehead atoms. The molecule has 3 unspecified atom stereocenters.